The second-order valence-electron chi connectivity index (χ2n) is 7.83. The van der Waals surface area contributed by atoms with Gasteiger partial charge in [-0.05, 0) is 54.8 Å². The fourth-order valence-electron chi connectivity index (χ4n) is 4.26. The van der Waals surface area contributed by atoms with Crippen molar-refractivity contribution < 1.29 is 12.8 Å². The van der Waals surface area contributed by atoms with Crippen molar-refractivity contribution in [3.8, 4) is 11.6 Å². The van der Waals surface area contributed by atoms with Crippen LogP contribution in [0.25, 0.3) is 22.7 Å². The van der Waals surface area contributed by atoms with E-state index in [0.717, 1.165) is 29.6 Å². The Labute approximate surface area is 181 Å². The van der Waals surface area contributed by atoms with Crippen molar-refractivity contribution in [3.63, 3.8) is 0 Å². The van der Waals surface area contributed by atoms with E-state index in [2.05, 4.69) is 11.9 Å². The number of nitrogens with zero attached hydrogens (tertiary/aromatic N) is 4. The van der Waals surface area contributed by atoms with Gasteiger partial charge >= 0.3 is 0 Å². The van der Waals surface area contributed by atoms with E-state index in [9.17, 15) is 8.42 Å². The van der Waals surface area contributed by atoms with E-state index in [1.54, 1.807) is 28.9 Å². The monoisotopic (exact) mass is 436 g/mol. The first-order chi connectivity index (χ1) is 15.1. The molecule has 31 heavy (non-hydrogen) atoms. The fraction of sp³-hybridized carbons (Fsp3) is 0.304. The quantitative estimate of drug-likeness (QED) is 0.451. The van der Waals surface area contributed by atoms with Gasteiger partial charge in [-0.25, -0.2) is 18.4 Å². The second kappa shape index (κ2) is 7.94. The lowest BCUT2D eigenvalue weighted by Crippen LogP contribution is -2.29. The van der Waals surface area contributed by atoms with Crippen molar-refractivity contribution in [1.82, 2.24) is 18.8 Å². The van der Waals surface area contributed by atoms with E-state index >= 15 is 0 Å². The van der Waals surface area contributed by atoms with Crippen LogP contribution in [-0.4, -0.2) is 40.3 Å². The molecule has 5 rings (SSSR count). The van der Waals surface area contributed by atoms with Gasteiger partial charge in [-0.15, -0.1) is 0 Å². The highest BCUT2D eigenvalue weighted by atomic mass is 32.2. The highest BCUT2D eigenvalue weighted by Crippen LogP contribution is 2.34. The number of furan rings is 1. The number of hydrogen-bond acceptors (Lipinski definition) is 5. The van der Waals surface area contributed by atoms with Crippen molar-refractivity contribution in [2.45, 2.75) is 37.1 Å². The smallest absolute Gasteiger partial charge is 0.243 e. The number of hydrogen-bond donors (Lipinski definition) is 0. The van der Waals surface area contributed by atoms with Gasteiger partial charge in [0.25, 0.3) is 0 Å². The Morgan fingerprint density at radius 2 is 1.97 bits per heavy atom. The maximum absolute atomic E-state index is 13.3. The average Bonchev–Trinajstić information content (AvgIpc) is 3.52. The first-order valence-electron chi connectivity index (χ1n) is 10.5. The van der Waals surface area contributed by atoms with Gasteiger partial charge in [0.2, 0.25) is 10.0 Å². The maximum atomic E-state index is 13.3. The summed E-state index contributed by atoms with van der Waals surface area (Å²) in [6.07, 6.45) is 6.00. The van der Waals surface area contributed by atoms with Crippen LogP contribution < -0.4 is 0 Å². The third-order valence-electron chi connectivity index (χ3n) is 5.78. The van der Waals surface area contributed by atoms with Crippen LogP contribution in [0.15, 0.2) is 70.3 Å². The third-order valence-corrected chi connectivity index (χ3v) is 7.66. The van der Waals surface area contributed by atoms with Crippen LogP contribution in [0.5, 0.6) is 0 Å². The number of fused-ring (bicyclic) bond motifs is 1. The van der Waals surface area contributed by atoms with E-state index in [1.807, 2.05) is 41.0 Å². The molecule has 1 aromatic carbocycles. The Morgan fingerprint density at radius 3 is 2.71 bits per heavy atom. The fourth-order valence-corrected chi connectivity index (χ4v) is 5.75. The molecule has 4 aromatic rings. The van der Waals surface area contributed by atoms with Crippen LogP contribution in [0, 0.1) is 0 Å². The van der Waals surface area contributed by atoms with Crippen molar-refractivity contribution in [2.75, 3.05) is 13.1 Å². The zero-order valence-corrected chi connectivity index (χ0v) is 18.1. The van der Waals surface area contributed by atoms with Crippen LogP contribution in [-0.2, 0) is 16.4 Å². The minimum atomic E-state index is -3.56. The summed E-state index contributed by atoms with van der Waals surface area (Å²) < 4.78 is 35.7. The Hall–Kier alpha value is -2.97. The zero-order valence-electron chi connectivity index (χ0n) is 17.3. The number of rotatable bonds is 6. The summed E-state index contributed by atoms with van der Waals surface area (Å²) in [4.78, 5) is 9.57. The molecular formula is C23H24N4O3S. The lowest BCUT2D eigenvalue weighted by molar-refractivity contribution is 0.453. The van der Waals surface area contributed by atoms with Gasteiger partial charge < -0.3 is 8.98 Å². The number of sulfonamides is 1. The number of imidazole rings is 1. The number of aryl methyl sites for hydroxylation is 1. The van der Waals surface area contributed by atoms with E-state index in [0.29, 0.717) is 36.0 Å². The molecule has 7 nitrogen and oxygen atoms in total. The van der Waals surface area contributed by atoms with E-state index in [1.165, 1.54) is 0 Å². The first kappa shape index (κ1) is 20.0. The highest BCUT2D eigenvalue weighted by molar-refractivity contribution is 7.89. The second-order valence-corrected chi connectivity index (χ2v) is 9.77. The minimum absolute atomic E-state index is 0.0749. The molecule has 1 aliphatic rings. The average molecular weight is 437 g/mol. The summed E-state index contributed by atoms with van der Waals surface area (Å²) in [5.74, 6) is 1.32. The third kappa shape index (κ3) is 3.55. The Bertz CT molecular complexity index is 1290. The van der Waals surface area contributed by atoms with Gasteiger partial charge in [0.15, 0.2) is 17.2 Å². The van der Waals surface area contributed by atoms with Gasteiger partial charge in [0.1, 0.15) is 5.52 Å². The molecule has 0 radical (unpaired) electrons. The molecule has 1 aliphatic heterocycles. The first-order valence-corrected chi connectivity index (χ1v) is 12.0. The van der Waals surface area contributed by atoms with Gasteiger partial charge in [-0.2, -0.15) is 4.31 Å². The molecule has 0 N–H and O–H groups in total. The van der Waals surface area contributed by atoms with Crippen LogP contribution >= 0.6 is 0 Å². The Morgan fingerprint density at radius 1 is 1.13 bits per heavy atom. The van der Waals surface area contributed by atoms with Crippen LogP contribution in [0.4, 0.5) is 0 Å². The summed E-state index contributed by atoms with van der Waals surface area (Å²) in [5.41, 5.74) is 2.66. The molecular weight excluding hydrogens is 412 g/mol. The lowest BCUT2D eigenvalue weighted by Gasteiger charge is -2.18. The molecule has 160 valence electrons. The predicted molar refractivity (Wildman–Crippen MR) is 118 cm³/mol. The standard InChI is InChI=1S/C23H24N4O3S/c1-2-5-17-8-10-19(11-9-17)31(28,29)26-14-12-18(16-26)27-22-20(6-3-13-24-22)25-23(27)21-7-4-15-30-21/h3-4,6-11,13,15,18H,2,5,12,14,16H2,1H3/t18-/m1/s1. The van der Waals surface area contributed by atoms with Gasteiger partial charge in [-0.1, -0.05) is 25.5 Å². The van der Waals surface area contributed by atoms with Crippen LogP contribution in [0.1, 0.15) is 31.4 Å². The summed E-state index contributed by atoms with van der Waals surface area (Å²) in [5, 5.41) is 0. The largest absolute Gasteiger partial charge is 0.461 e. The minimum Gasteiger partial charge on any atom is -0.461 e. The molecule has 1 saturated heterocycles. The molecule has 4 heterocycles. The van der Waals surface area contributed by atoms with Crippen LogP contribution in [0.3, 0.4) is 0 Å². The summed E-state index contributed by atoms with van der Waals surface area (Å²) in [6, 6.07) is 14.6. The van der Waals surface area contributed by atoms with Crippen molar-refractivity contribution in [2.24, 2.45) is 0 Å². The van der Waals surface area contributed by atoms with E-state index < -0.39 is 10.0 Å². The molecule has 0 unspecified atom stereocenters. The molecule has 0 saturated carbocycles. The summed E-state index contributed by atoms with van der Waals surface area (Å²) in [6.45, 7) is 2.93. The molecule has 1 fully saturated rings. The molecule has 1 atom stereocenters. The van der Waals surface area contributed by atoms with Gasteiger partial charge in [0, 0.05) is 19.3 Å². The lowest BCUT2D eigenvalue weighted by atomic mass is 10.1. The summed E-state index contributed by atoms with van der Waals surface area (Å²) >= 11 is 0. The zero-order chi connectivity index (χ0) is 21.4. The Kier molecular flexibility index (Phi) is 5.11. The van der Waals surface area contributed by atoms with Crippen molar-refractivity contribution >= 4 is 21.2 Å². The van der Waals surface area contributed by atoms with E-state index in [4.69, 9.17) is 9.40 Å². The number of aromatic nitrogens is 3. The van der Waals surface area contributed by atoms with Crippen molar-refractivity contribution in [3.05, 3.63) is 66.6 Å². The number of pyridine rings is 1. The van der Waals surface area contributed by atoms with E-state index in [-0.39, 0.29) is 6.04 Å². The van der Waals surface area contributed by atoms with Gasteiger partial charge in [-0.3, -0.25) is 0 Å². The van der Waals surface area contributed by atoms with Gasteiger partial charge in [0.05, 0.1) is 17.2 Å². The normalized spacial score (nSPS) is 17.5. The SMILES string of the molecule is CCCc1ccc(S(=O)(=O)N2CC[C@@H](n3c(-c4ccco4)nc4cccnc43)C2)cc1. The van der Waals surface area contributed by atoms with Crippen molar-refractivity contribution in [1.29, 1.82) is 0 Å². The maximum Gasteiger partial charge on any atom is 0.243 e. The molecule has 0 aliphatic carbocycles. The number of benzene rings is 1. The molecule has 8 heteroatoms. The topological polar surface area (TPSA) is 81.2 Å². The Balaban J connectivity index is 1.47. The summed E-state index contributed by atoms with van der Waals surface area (Å²) in [7, 11) is -3.56. The molecule has 0 amide bonds. The highest BCUT2D eigenvalue weighted by Gasteiger charge is 2.35. The molecule has 3 aromatic heterocycles. The molecule has 0 spiro atoms. The van der Waals surface area contributed by atoms with Crippen LogP contribution in [0.2, 0.25) is 0 Å². The molecule has 0 bridgehead atoms. The predicted octanol–water partition coefficient (Wildman–Crippen LogP) is 4.28.